The van der Waals surface area contributed by atoms with Crippen molar-refractivity contribution in [3.8, 4) is 5.75 Å². The highest BCUT2D eigenvalue weighted by Crippen LogP contribution is 2.40. The SMILES string of the molecule is O=C1S/C(=C\c2ccc(OCc3ccc(Cl)cc3)cc2)C(=O)N1c1ccc(Cl)c(C(F)(F)F)c1. The Bertz CT molecular complexity index is 1280. The van der Waals surface area contributed by atoms with Gasteiger partial charge in [0.15, 0.2) is 0 Å². The number of thioether (sulfide) groups is 1. The van der Waals surface area contributed by atoms with Crippen molar-refractivity contribution in [2.75, 3.05) is 4.90 Å². The number of carbonyl (C=O) groups excluding carboxylic acids is 2. The molecular weight excluding hydrogens is 510 g/mol. The minimum atomic E-state index is -4.72. The van der Waals surface area contributed by atoms with Crippen molar-refractivity contribution in [2.24, 2.45) is 0 Å². The van der Waals surface area contributed by atoms with Crippen molar-refractivity contribution in [1.82, 2.24) is 0 Å². The summed E-state index contributed by atoms with van der Waals surface area (Å²) in [6.45, 7) is 0.344. The molecule has 1 aliphatic rings. The number of rotatable bonds is 5. The summed E-state index contributed by atoms with van der Waals surface area (Å²) < 4.78 is 45.2. The summed E-state index contributed by atoms with van der Waals surface area (Å²) in [7, 11) is 0. The number of anilines is 1. The zero-order chi connectivity index (χ0) is 24.5. The maximum absolute atomic E-state index is 13.2. The minimum Gasteiger partial charge on any atom is -0.489 e. The normalized spacial score (nSPS) is 15.3. The molecule has 1 aliphatic heterocycles. The molecule has 0 unspecified atom stereocenters. The van der Waals surface area contributed by atoms with Crippen molar-refractivity contribution >= 4 is 57.9 Å². The van der Waals surface area contributed by atoms with Gasteiger partial charge in [-0.1, -0.05) is 47.5 Å². The fourth-order valence-electron chi connectivity index (χ4n) is 3.12. The third-order valence-corrected chi connectivity index (χ3v) is 6.26. The number of hydrogen-bond acceptors (Lipinski definition) is 4. The smallest absolute Gasteiger partial charge is 0.417 e. The van der Waals surface area contributed by atoms with Gasteiger partial charge in [-0.2, -0.15) is 13.2 Å². The van der Waals surface area contributed by atoms with Crippen LogP contribution in [0.2, 0.25) is 10.0 Å². The summed E-state index contributed by atoms with van der Waals surface area (Å²) >= 11 is 12.1. The monoisotopic (exact) mass is 523 g/mol. The Balaban J connectivity index is 1.48. The van der Waals surface area contributed by atoms with E-state index in [1.54, 1.807) is 36.4 Å². The number of imide groups is 1. The first kappa shape index (κ1) is 24.2. The number of amides is 2. The maximum atomic E-state index is 13.2. The van der Waals surface area contributed by atoms with Gasteiger partial charge in [0.1, 0.15) is 12.4 Å². The van der Waals surface area contributed by atoms with Gasteiger partial charge in [0.2, 0.25) is 0 Å². The van der Waals surface area contributed by atoms with E-state index in [1.165, 1.54) is 12.1 Å². The maximum Gasteiger partial charge on any atom is 0.417 e. The van der Waals surface area contributed by atoms with Crippen molar-refractivity contribution < 1.29 is 27.5 Å². The zero-order valence-electron chi connectivity index (χ0n) is 17.1. The Morgan fingerprint density at radius 3 is 2.26 bits per heavy atom. The second kappa shape index (κ2) is 9.74. The molecule has 2 amide bonds. The van der Waals surface area contributed by atoms with E-state index in [0.29, 0.717) is 45.7 Å². The predicted octanol–water partition coefficient (Wildman–Crippen LogP) is 7.83. The first-order valence-corrected chi connectivity index (χ1v) is 11.3. The molecule has 34 heavy (non-hydrogen) atoms. The van der Waals surface area contributed by atoms with E-state index in [-0.39, 0.29) is 10.6 Å². The van der Waals surface area contributed by atoms with Crippen molar-refractivity contribution in [1.29, 1.82) is 0 Å². The number of alkyl halides is 3. The van der Waals surface area contributed by atoms with Gasteiger partial charge in [0.25, 0.3) is 11.1 Å². The van der Waals surface area contributed by atoms with Crippen LogP contribution in [0, 0.1) is 0 Å². The molecule has 1 saturated heterocycles. The molecule has 0 spiro atoms. The highest BCUT2D eigenvalue weighted by Gasteiger charge is 2.39. The molecule has 0 saturated carbocycles. The van der Waals surface area contributed by atoms with E-state index in [9.17, 15) is 22.8 Å². The molecule has 0 aromatic heterocycles. The highest BCUT2D eigenvalue weighted by atomic mass is 35.5. The molecule has 0 N–H and O–H groups in total. The summed E-state index contributed by atoms with van der Waals surface area (Å²) in [4.78, 5) is 26.0. The van der Waals surface area contributed by atoms with Gasteiger partial charge in [0.05, 0.1) is 21.2 Å². The lowest BCUT2D eigenvalue weighted by atomic mass is 10.1. The Hall–Kier alpha value is -2.94. The van der Waals surface area contributed by atoms with Crippen LogP contribution in [0.4, 0.5) is 23.7 Å². The molecular formula is C24H14Cl2F3NO3S. The van der Waals surface area contributed by atoms with Crippen molar-refractivity contribution in [3.63, 3.8) is 0 Å². The Kier molecular flexibility index (Phi) is 6.93. The van der Waals surface area contributed by atoms with E-state index < -0.39 is 27.9 Å². The second-order valence-corrected chi connectivity index (χ2v) is 9.00. The summed E-state index contributed by atoms with van der Waals surface area (Å²) in [5, 5.41) is -0.582. The van der Waals surface area contributed by atoms with Crippen LogP contribution in [0.15, 0.2) is 71.6 Å². The Morgan fingerprint density at radius 2 is 1.62 bits per heavy atom. The molecule has 0 atom stereocenters. The fraction of sp³-hybridized carbons (Fsp3) is 0.0833. The van der Waals surface area contributed by atoms with Crippen LogP contribution in [0.3, 0.4) is 0 Å². The van der Waals surface area contributed by atoms with Gasteiger partial charge in [-0.3, -0.25) is 9.59 Å². The second-order valence-electron chi connectivity index (χ2n) is 7.16. The molecule has 3 aromatic rings. The highest BCUT2D eigenvalue weighted by molar-refractivity contribution is 8.19. The summed E-state index contributed by atoms with van der Waals surface area (Å²) in [6, 6.07) is 17.0. The van der Waals surface area contributed by atoms with Crippen LogP contribution >= 0.6 is 35.0 Å². The zero-order valence-corrected chi connectivity index (χ0v) is 19.4. The summed E-state index contributed by atoms with van der Waals surface area (Å²) in [5.74, 6) is -0.116. The number of carbonyl (C=O) groups is 2. The lowest BCUT2D eigenvalue weighted by molar-refractivity contribution is -0.137. The molecule has 4 nitrogen and oxygen atoms in total. The number of nitrogens with zero attached hydrogens (tertiary/aromatic N) is 1. The van der Waals surface area contributed by atoms with E-state index in [0.717, 1.165) is 11.6 Å². The van der Waals surface area contributed by atoms with Gasteiger partial charge in [0, 0.05) is 5.02 Å². The Morgan fingerprint density at radius 1 is 0.941 bits per heavy atom. The lowest BCUT2D eigenvalue weighted by Crippen LogP contribution is -2.28. The lowest BCUT2D eigenvalue weighted by Gasteiger charge is -2.16. The van der Waals surface area contributed by atoms with E-state index in [1.807, 2.05) is 12.1 Å². The van der Waals surface area contributed by atoms with E-state index in [2.05, 4.69) is 0 Å². The predicted molar refractivity (Wildman–Crippen MR) is 127 cm³/mol. The molecule has 0 bridgehead atoms. The van der Waals surface area contributed by atoms with Gasteiger partial charge in [-0.25, -0.2) is 4.90 Å². The van der Waals surface area contributed by atoms with Gasteiger partial charge in [-0.05, 0) is 71.4 Å². The molecule has 3 aromatic carbocycles. The molecule has 1 fully saturated rings. The molecule has 0 aliphatic carbocycles. The largest absolute Gasteiger partial charge is 0.489 e. The number of ether oxygens (including phenoxy) is 1. The number of benzene rings is 3. The Labute approximate surface area is 206 Å². The molecule has 0 radical (unpaired) electrons. The molecule has 4 rings (SSSR count). The minimum absolute atomic E-state index is 0.0864. The average Bonchev–Trinajstić information content (AvgIpc) is 3.07. The van der Waals surface area contributed by atoms with Gasteiger partial charge < -0.3 is 4.74 Å². The molecule has 1 heterocycles. The van der Waals surface area contributed by atoms with Crippen LogP contribution in [-0.4, -0.2) is 11.1 Å². The van der Waals surface area contributed by atoms with Gasteiger partial charge >= 0.3 is 6.18 Å². The standard InChI is InChI=1S/C24H14Cl2F3NO3S/c25-16-5-1-15(2-6-16)13-33-18-8-3-14(4-9-18)11-21-22(31)30(23(32)34-21)17-7-10-20(26)19(12-17)24(27,28)29/h1-12H,13H2/b21-11-. The molecule has 10 heteroatoms. The average molecular weight is 524 g/mol. The first-order chi connectivity index (χ1) is 16.1. The van der Waals surface area contributed by atoms with Crippen molar-refractivity contribution in [3.05, 3.63) is 98.4 Å². The van der Waals surface area contributed by atoms with Crippen LogP contribution in [0.5, 0.6) is 5.75 Å². The summed E-state index contributed by atoms with van der Waals surface area (Å²) in [6.07, 6.45) is -3.23. The molecule has 174 valence electrons. The van der Waals surface area contributed by atoms with E-state index in [4.69, 9.17) is 27.9 Å². The van der Waals surface area contributed by atoms with Crippen LogP contribution in [0.1, 0.15) is 16.7 Å². The van der Waals surface area contributed by atoms with Crippen LogP contribution in [-0.2, 0) is 17.6 Å². The summed E-state index contributed by atoms with van der Waals surface area (Å²) in [5.41, 5.74) is 0.243. The van der Waals surface area contributed by atoms with Crippen LogP contribution < -0.4 is 9.64 Å². The van der Waals surface area contributed by atoms with Gasteiger partial charge in [-0.15, -0.1) is 0 Å². The number of hydrogen-bond donors (Lipinski definition) is 0. The first-order valence-electron chi connectivity index (χ1n) is 9.74. The third-order valence-electron chi connectivity index (χ3n) is 4.80. The van der Waals surface area contributed by atoms with Crippen LogP contribution in [0.25, 0.3) is 6.08 Å². The number of halogens is 5. The fourth-order valence-corrected chi connectivity index (χ4v) is 4.31. The quantitative estimate of drug-likeness (QED) is 0.319. The topological polar surface area (TPSA) is 46.6 Å². The third kappa shape index (κ3) is 5.41. The van der Waals surface area contributed by atoms with E-state index >= 15 is 0 Å². The van der Waals surface area contributed by atoms with Crippen molar-refractivity contribution in [2.45, 2.75) is 12.8 Å².